The molecule has 0 saturated carbocycles. The first-order valence-electron chi connectivity index (χ1n) is 8.15. The minimum Gasteiger partial charge on any atom is -0.497 e. The zero-order valence-electron chi connectivity index (χ0n) is 14.8. The van der Waals surface area contributed by atoms with E-state index >= 15 is 0 Å². The fraction of sp³-hybridized carbons (Fsp3) is 0.263. The number of alkyl halides is 3. The number of likely N-dealkylation sites (N-methyl/N-ethyl adjacent to an activating group) is 1. The smallest absolute Gasteiger partial charge is 0.416 e. The van der Waals surface area contributed by atoms with Gasteiger partial charge in [0.15, 0.2) is 0 Å². The first-order valence-corrected chi connectivity index (χ1v) is 8.15. The lowest BCUT2D eigenvalue weighted by molar-refractivity contribution is -0.137. The van der Waals surface area contributed by atoms with Gasteiger partial charge in [0, 0.05) is 17.8 Å². The average molecular weight is 380 g/mol. The second kappa shape index (κ2) is 8.57. The number of carbonyl (C=O) groups excluding carboxylic acids is 2. The van der Waals surface area contributed by atoms with Crippen molar-refractivity contribution in [1.29, 1.82) is 0 Å². The predicted molar refractivity (Wildman–Crippen MR) is 94.6 cm³/mol. The van der Waals surface area contributed by atoms with Crippen LogP contribution in [0.2, 0.25) is 0 Å². The molecule has 2 aromatic rings. The molecule has 0 aliphatic carbocycles. The highest BCUT2D eigenvalue weighted by atomic mass is 19.4. The van der Waals surface area contributed by atoms with Crippen LogP contribution in [0.15, 0.2) is 48.5 Å². The third kappa shape index (κ3) is 5.47. The largest absolute Gasteiger partial charge is 0.497 e. The fourth-order valence-electron chi connectivity index (χ4n) is 2.39. The van der Waals surface area contributed by atoms with E-state index in [1.165, 1.54) is 24.1 Å². The van der Waals surface area contributed by atoms with E-state index in [4.69, 9.17) is 4.74 Å². The van der Waals surface area contributed by atoms with Gasteiger partial charge >= 0.3 is 6.18 Å². The molecule has 0 aliphatic rings. The summed E-state index contributed by atoms with van der Waals surface area (Å²) in [6.07, 6.45) is -4.54. The monoisotopic (exact) mass is 380 g/mol. The van der Waals surface area contributed by atoms with E-state index in [9.17, 15) is 22.8 Å². The Labute approximate surface area is 154 Å². The molecular weight excluding hydrogens is 361 g/mol. The molecule has 0 radical (unpaired) electrons. The van der Waals surface area contributed by atoms with E-state index in [0.717, 1.165) is 12.1 Å². The van der Waals surface area contributed by atoms with Crippen LogP contribution in [0, 0.1) is 0 Å². The van der Waals surface area contributed by atoms with Crippen molar-refractivity contribution in [2.45, 2.75) is 13.1 Å². The molecule has 2 aromatic carbocycles. The number of carbonyl (C=O) groups is 2. The van der Waals surface area contributed by atoms with Crippen molar-refractivity contribution < 1.29 is 27.5 Å². The van der Waals surface area contributed by atoms with Gasteiger partial charge in [-0.2, -0.15) is 13.2 Å². The van der Waals surface area contributed by atoms with E-state index in [0.29, 0.717) is 11.4 Å². The number of nitrogens with one attached hydrogen (secondary N) is 1. The van der Waals surface area contributed by atoms with Gasteiger partial charge in [-0.05, 0) is 49.4 Å². The van der Waals surface area contributed by atoms with Crippen molar-refractivity contribution in [3.63, 3.8) is 0 Å². The minimum atomic E-state index is -4.54. The Hall–Kier alpha value is -3.03. The summed E-state index contributed by atoms with van der Waals surface area (Å²) in [4.78, 5) is 25.8. The standard InChI is InChI=1S/C19H19F3N2O3/c1-3-24(12-17(25)23-15-7-9-16(27-2)10-8-15)18(26)13-5-4-6-14(11-13)19(20,21)22/h4-11H,3,12H2,1-2H3,(H,23,25). The van der Waals surface area contributed by atoms with Crippen LogP contribution in [0.5, 0.6) is 5.75 Å². The molecule has 144 valence electrons. The molecule has 0 spiro atoms. The lowest BCUT2D eigenvalue weighted by Crippen LogP contribution is -2.38. The number of hydrogen-bond acceptors (Lipinski definition) is 3. The van der Waals surface area contributed by atoms with Gasteiger partial charge in [0.05, 0.1) is 12.7 Å². The first-order chi connectivity index (χ1) is 12.7. The molecule has 0 atom stereocenters. The fourth-order valence-corrected chi connectivity index (χ4v) is 2.39. The zero-order chi connectivity index (χ0) is 20.0. The molecule has 8 heteroatoms. The summed E-state index contributed by atoms with van der Waals surface area (Å²) < 4.78 is 43.5. The van der Waals surface area contributed by atoms with Crippen LogP contribution in [-0.2, 0) is 11.0 Å². The van der Waals surface area contributed by atoms with Crippen molar-refractivity contribution in [2.24, 2.45) is 0 Å². The third-order valence-corrected chi connectivity index (χ3v) is 3.81. The highest BCUT2D eigenvalue weighted by Gasteiger charge is 2.31. The normalized spacial score (nSPS) is 11.0. The van der Waals surface area contributed by atoms with Crippen molar-refractivity contribution in [3.8, 4) is 5.75 Å². The quantitative estimate of drug-likeness (QED) is 0.829. The Balaban J connectivity index is 2.07. The molecular formula is C19H19F3N2O3. The Kier molecular flexibility index (Phi) is 6.44. The second-order valence-corrected chi connectivity index (χ2v) is 5.67. The lowest BCUT2D eigenvalue weighted by Gasteiger charge is -2.21. The maximum atomic E-state index is 12.8. The van der Waals surface area contributed by atoms with Gasteiger partial charge in [0.1, 0.15) is 12.3 Å². The highest BCUT2D eigenvalue weighted by molar-refractivity contribution is 5.99. The van der Waals surface area contributed by atoms with Gasteiger partial charge in [-0.3, -0.25) is 9.59 Å². The summed E-state index contributed by atoms with van der Waals surface area (Å²) in [7, 11) is 1.52. The van der Waals surface area contributed by atoms with Crippen LogP contribution in [0.3, 0.4) is 0 Å². The zero-order valence-corrected chi connectivity index (χ0v) is 14.8. The van der Waals surface area contributed by atoms with Crippen molar-refractivity contribution in [2.75, 3.05) is 25.5 Å². The summed E-state index contributed by atoms with van der Waals surface area (Å²) in [5.74, 6) is -0.473. The number of nitrogens with zero attached hydrogens (tertiary/aromatic N) is 1. The summed E-state index contributed by atoms with van der Waals surface area (Å²) >= 11 is 0. The lowest BCUT2D eigenvalue weighted by atomic mass is 10.1. The molecule has 0 unspecified atom stereocenters. The molecule has 2 rings (SSSR count). The van der Waals surface area contributed by atoms with Gasteiger partial charge in [-0.25, -0.2) is 0 Å². The summed E-state index contributed by atoms with van der Waals surface area (Å²) in [6.45, 7) is 1.54. The van der Waals surface area contributed by atoms with E-state index in [1.54, 1.807) is 31.2 Å². The van der Waals surface area contributed by atoms with E-state index in [2.05, 4.69) is 5.32 Å². The van der Waals surface area contributed by atoms with Crippen LogP contribution >= 0.6 is 0 Å². The molecule has 2 amide bonds. The Morgan fingerprint density at radius 2 is 1.78 bits per heavy atom. The maximum Gasteiger partial charge on any atom is 0.416 e. The minimum absolute atomic E-state index is 0.121. The first kappa shape index (κ1) is 20.3. The Morgan fingerprint density at radius 1 is 1.11 bits per heavy atom. The second-order valence-electron chi connectivity index (χ2n) is 5.67. The molecule has 0 heterocycles. The Morgan fingerprint density at radius 3 is 2.33 bits per heavy atom. The van der Waals surface area contributed by atoms with Crippen molar-refractivity contribution >= 4 is 17.5 Å². The van der Waals surface area contributed by atoms with Gasteiger partial charge in [0.2, 0.25) is 5.91 Å². The number of ether oxygens (including phenoxy) is 1. The summed E-state index contributed by atoms with van der Waals surface area (Å²) in [5.41, 5.74) is -0.514. The van der Waals surface area contributed by atoms with Crippen molar-refractivity contribution in [1.82, 2.24) is 4.90 Å². The van der Waals surface area contributed by atoms with Gasteiger partial charge in [0.25, 0.3) is 5.91 Å². The number of anilines is 1. The number of benzene rings is 2. The molecule has 0 saturated heterocycles. The van der Waals surface area contributed by atoms with E-state index in [1.807, 2.05) is 0 Å². The van der Waals surface area contributed by atoms with Gasteiger partial charge < -0.3 is 15.0 Å². The maximum absolute atomic E-state index is 12.8. The molecule has 0 bridgehead atoms. The molecule has 1 N–H and O–H groups in total. The summed E-state index contributed by atoms with van der Waals surface area (Å²) in [5, 5.41) is 2.63. The van der Waals surface area contributed by atoms with Crippen LogP contribution in [0.1, 0.15) is 22.8 Å². The highest BCUT2D eigenvalue weighted by Crippen LogP contribution is 2.29. The van der Waals surface area contributed by atoms with Crippen LogP contribution < -0.4 is 10.1 Å². The van der Waals surface area contributed by atoms with E-state index < -0.39 is 23.6 Å². The number of halogens is 3. The van der Waals surface area contributed by atoms with Gasteiger partial charge in [-0.1, -0.05) is 6.07 Å². The topological polar surface area (TPSA) is 58.6 Å². The number of amides is 2. The van der Waals surface area contributed by atoms with Gasteiger partial charge in [-0.15, -0.1) is 0 Å². The molecule has 27 heavy (non-hydrogen) atoms. The predicted octanol–water partition coefficient (Wildman–Crippen LogP) is 3.81. The van der Waals surface area contributed by atoms with Crippen molar-refractivity contribution in [3.05, 3.63) is 59.7 Å². The SMILES string of the molecule is CCN(CC(=O)Nc1ccc(OC)cc1)C(=O)c1cccc(C(F)(F)F)c1. The third-order valence-electron chi connectivity index (χ3n) is 3.81. The molecule has 0 fully saturated rings. The number of rotatable bonds is 6. The van der Waals surface area contributed by atoms with Crippen LogP contribution in [-0.4, -0.2) is 36.9 Å². The molecule has 0 aliphatic heterocycles. The van der Waals surface area contributed by atoms with Crippen LogP contribution in [0.25, 0.3) is 0 Å². The van der Waals surface area contributed by atoms with E-state index in [-0.39, 0.29) is 18.7 Å². The number of methoxy groups -OCH3 is 1. The average Bonchev–Trinajstić information content (AvgIpc) is 2.65. The Bertz CT molecular complexity index is 805. The number of hydrogen-bond donors (Lipinski definition) is 1. The molecule has 0 aromatic heterocycles. The molecule has 5 nitrogen and oxygen atoms in total. The summed E-state index contributed by atoms with van der Waals surface area (Å²) in [6, 6.07) is 10.8. The van der Waals surface area contributed by atoms with Crippen LogP contribution in [0.4, 0.5) is 18.9 Å².